The largest absolute Gasteiger partial charge is 0.416 e. The molecule has 1 N–H and O–H groups in total. The van der Waals surface area contributed by atoms with E-state index in [1.165, 1.54) is 23.5 Å². The number of thiazole rings is 1. The third-order valence-corrected chi connectivity index (χ3v) is 5.72. The monoisotopic (exact) mass is 446 g/mol. The molecule has 0 amide bonds. The van der Waals surface area contributed by atoms with Gasteiger partial charge >= 0.3 is 6.18 Å². The molecule has 31 heavy (non-hydrogen) atoms. The van der Waals surface area contributed by atoms with Crippen LogP contribution in [-0.4, -0.2) is 33.6 Å². The van der Waals surface area contributed by atoms with Gasteiger partial charge in [0.15, 0.2) is 5.13 Å². The summed E-state index contributed by atoms with van der Waals surface area (Å²) in [6.07, 6.45) is 2.85. The van der Waals surface area contributed by atoms with Crippen LogP contribution < -0.4 is 5.32 Å². The molecule has 0 saturated carbocycles. The quantitative estimate of drug-likeness (QED) is 0.379. The van der Waals surface area contributed by atoms with Crippen molar-refractivity contribution in [1.29, 1.82) is 0 Å². The number of alkyl halides is 3. The molecule has 0 aliphatic carbocycles. The van der Waals surface area contributed by atoms with Gasteiger partial charge in [0.05, 0.1) is 17.0 Å². The summed E-state index contributed by atoms with van der Waals surface area (Å²) < 4.78 is 46.1. The van der Waals surface area contributed by atoms with Crippen molar-refractivity contribution in [2.75, 3.05) is 18.5 Å². The minimum absolute atomic E-state index is 0.123. The lowest BCUT2D eigenvalue weighted by molar-refractivity contribution is -0.137. The average molecular weight is 446 g/mol. The van der Waals surface area contributed by atoms with Crippen LogP contribution in [0, 0.1) is 0 Å². The molecule has 0 saturated heterocycles. The van der Waals surface area contributed by atoms with Gasteiger partial charge in [0, 0.05) is 48.6 Å². The van der Waals surface area contributed by atoms with Crippen LogP contribution in [0.1, 0.15) is 19.4 Å². The van der Waals surface area contributed by atoms with Crippen molar-refractivity contribution >= 4 is 22.1 Å². The van der Waals surface area contributed by atoms with Crippen LogP contribution in [0.25, 0.3) is 27.2 Å². The number of fused-ring (bicyclic) bond motifs is 1. The molecule has 1 atom stereocenters. The van der Waals surface area contributed by atoms with Crippen LogP contribution in [0.5, 0.6) is 0 Å². The van der Waals surface area contributed by atoms with E-state index in [0.717, 1.165) is 33.3 Å². The highest BCUT2D eigenvalue weighted by molar-refractivity contribution is 7.18. The lowest BCUT2D eigenvalue weighted by Crippen LogP contribution is -2.21. The van der Waals surface area contributed by atoms with Crippen LogP contribution in [0.4, 0.5) is 18.3 Å². The second-order valence-electron chi connectivity index (χ2n) is 7.11. The maximum Gasteiger partial charge on any atom is 0.416 e. The lowest BCUT2D eigenvalue weighted by Gasteiger charge is -2.12. The summed E-state index contributed by atoms with van der Waals surface area (Å²) in [5.41, 5.74) is 2.33. The Kier molecular flexibility index (Phi) is 5.97. The van der Waals surface area contributed by atoms with Crippen LogP contribution in [0.2, 0.25) is 0 Å². The third kappa shape index (κ3) is 4.72. The standard InChI is InChI=1S/C22H21F3N4OS/c1-3-30-13-14(2)28-21-27-11-19(31-21)16-10-18(20-26-8-9-29(20)12-16)15-4-6-17(7-5-15)22(23,24)25/h4-12,14H,3,13H2,1-2H3,(H,27,28). The second-order valence-corrected chi connectivity index (χ2v) is 8.14. The summed E-state index contributed by atoms with van der Waals surface area (Å²) in [5, 5.41) is 4.10. The Morgan fingerprint density at radius 2 is 1.94 bits per heavy atom. The average Bonchev–Trinajstić information content (AvgIpc) is 3.40. The summed E-state index contributed by atoms with van der Waals surface area (Å²) in [7, 11) is 0. The van der Waals surface area contributed by atoms with E-state index in [1.54, 1.807) is 12.4 Å². The molecule has 0 aliphatic heterocycles. The summed E-state index contributed by atoms with van der Waals surface area (Å²) in [6, 6.07) is 7.20. The number of hydrogen-bond acceptors (Lipinski definition) is 5. The number of benzene rings is 1. The molecule has 9 heteroatoms. The van der Waals surface area contributed by atoms with E-state index < -0.39 is 11.7 Å². The van der Waals surface area contributed by atoms with E-state index in [2.05, 4.69) is 15.3 Å². The van der Waals surface area contributed by atoms with Gasteiger partial charge in [0.2, 0.25) is 0 Å². The molecule has 0 radical (unpaired) electrons. The van der Waals surface area contributed by atoms with E-state index >= 15 is 0 Å². The maximum atomic E-state index is 12.9. The Bertz CT molecular complexity index is 1170. The van der Waals surface area contributed by atoms with Crippen molar-refractivity contribution in [3.05, 3.63) is 60.7 Å². The molecule has 0 bridgehead atoms. The number of nitrogens with zero attached hydrogens (tertiary/aromatic N) is 3. The van der Waals surface area contributed by atoms with Gasteiger partial charge < -0.3 is 14.5 Å². The number of ether oxygens (including phenoxy) is 1. The number of nitrogens with one attached hydrogen (secondary N) is 1. The number of aromatic nitrogens is 3. The van der Waals surface area contributed by atoms with Gasteiger partial charge in [-0.2, -0.15) is 13.2 Å². The minimum Gasteiger partial charge on any atom is -0.380 e. The summed E-state index contributed by atoms with van der Waals surface area (Å²) in [4.78, 5) is 9.77. The zero-order valence-electron chi connectivity index (χ0n) is 17.0. The Morgan fingerprint density at radius 3 is 2.65 bits per heavy atom. The van der Waals surface area contributed by atoms with E-state index in [1.807, 2.05) is 36.7 Å². The molecule has 5 nitrogen and oxygen atoms in total. The maximum absolute atomic E-state index is 12.9. The lowest BCUT2D eigenvalue weighted by atomic mass is 10.0. The SMILES string of the molecule is CCOCC(C)Nc1ncc(-c2cc(-c3ccc(C(F)(F)F)cc3)c3nccn3c2)s1. The van der Waals surface area contributed by atoms with Gasteiger partial charge in [-0.05, 0) is 37.6 Å². The van der Waals surface area contributed by atoms with E-state index in [9.17, 15) is 13.2 Å². The van der Waals surface area contributed by atoms with E-state index in [-0.39, 0.29) is 6.04 Å². The molecule has 1 aromatic carbocycles. The highest BCUT2D eigenvalue weighted by atomic mass is 32.1. The molecule has 0 fully saturated rings. The molecule has 3 aromatic heterocycles. The topological polar surface area (TPSA) is 51.5 Å². The van der Waals surface area contributed by atoms with Crippen molar-refractivity contribution in [2.24, 2.45) is 0 Å². The first kappa shape index (κ1) is 21.3. The Morgan fingerprint density at radius 1 is 1.16 bits per heavy atom. The Labute approximate surface area is 181 Å². The molecule has 0 spiro atoms. The third-order valence-electron chi connectivity index (χ3n) is 4.74. The fourth-order valence-electron chi connectivity index (χ4n) is 3.24. The van der Waals surface area contributed by atoms with E-state index in [0.29, 0.717) is 24.4 Å². The molecule has 4 aromatic rings. The summed E-state index contributed by atoms with van der Waals surface area (Å²) in [6.45, 7) is 5.23. The first-order valence-corrected chi connectivity index (χ1v) is 10.6. The van der Waals surface area contributed by atoms with Crippen molar-refractivity contribution in [3.8, 4) is 21.6 Å². The number of pyridine rings is 1. The predicted molar refractivity (Wildman–Crippen MR) is 116 cm³/mol. The van der Waals surface area contributed by atoms with Crippen LogP contribution in [0.3, 0.4) is 0 Å². The highest BCUT2D eigenvalue weighted by Gasteiger charge is 2.30. The van der Waals surface area contributed by atoms with Gasteiger partial charge in [0.1, 0.15) is 5.65 Å². The Hall–Kier alpha value is -2.91. The van der Waals surface area contributed by atoms with Gasteiger partial charge in [-0.15, -0.1) is 0 Å². The number of halogens is 3. The minimum atomic E-state index is -4.37. The predicted octanol–water partition coefficient (Wildman–Crippen LogP) is 5.98. The zero-order valence-corrected chi connectivity index (χ0v) is 17.8. The first-order chi connectivity index (χ1) is 14.8. The van der Waals surface area contributed by atoms with Gasteiger partial charge in [-0.1, -0.05) is 23.5 Å². The number of hydrogen-bond donors (Lipinski definition) is 1. The molecule has 4 rings (SSSR count). The molecule has 3 heterocycles. The van der Waals surface area contributed by atoms with E-state index in [4.69, 9.17) is 4.74 Å². The fraction of sp³-hybridized carbons (Fsp3) is 0.273. The van der Waals surface area contributed by atoms with Crippen LogP contribution in [-0.2, 0) is 10.9 Å². The summed E-state index contributed by atoms with van der Waals surface area (Å²) in [5.74, 6) is 0. The van der Waals surface area contributed by atoms with Crippen LogP contribution >= 0.6 is 11.3 Å². The molecule has 162 valence electrons. The van der Waals surface area contributed by atoms with Crippen LogP contribution in [0.15, 0.2) is 55.1 Å². The first-order valence-electron chi connectivity index (χ1n) is 9.80. The van der Waals surface area contributed by atoms with Crippen molar-refractivity contribution in [2.45, 2.75) is 26.1 Å². The molecular formula is C22H21F3N4OS. The van der Waals surface area contributed by atoms with Gasteiger partial charge in [-0.3, -0.25) is 0 Å². The molecule has 0 aliphatic rings. The normalized spacial score (nSPS) is 12.9. The van der Waals surface area contributed by atoms with Gasteiger partial charge in [-0.25, -0.2) is 9.97 Å². The molecular weight excluding hydrogens is 425 g/mol. The Balaban J connectivity index is 1.67. The molecule has 1 unspecified atom stereocenters. The van der Waals surface area contributed by atoms with Gasteiger partial charge in [0.25, 0.3) is 0 Å². The number of rotatable bonds is 7. The second kappa shape index (κ2) is 8.68. The van der Waals surface area contributed by atoms with Crippen molar-refractivity contribution in [1.82, 2.24) is 14.4 Å². The fourth-order valence-corrected chi connectivity index (χ4v) is 4.15. The highest BCUT2D eigenvalue weighted by Crippen LogP contribution is 2.35. The smallest absolute Gasteiger partial charge is 0.380 e. The summed E-state index contributed by atoms with van der Waals surface area (Å²) >= 11 is 1.51. The zero-order chi connectivity index (χ0) is 22.0. The number of anilines is 1. The number of imidazole rings is 1. The van der Waals surface area contributed by atoms with Crippen molar-refractivity contribution < 1.29 is 17.9 Å². The van der Waals surface area contributed by atoms with Crippen molar-refractivity contribution in [3.63, 3.8) is 0 Å².